The summed E-state index contributed by atoms with van der Waals surface area (Å²) in [5.41, 5.74) is 2.12. The highest BCUT2D eigenvalue weighted by atomic mass is 16.5. The molecule has 0 aliphatic rings. The molecule has 0 saturated heterocycles. The molecule has 6 nitrogen and oxygen atoms in total. The minimum absolute atomic E-state index is 0.0174. The van der Waals surface area contributed by atoms with Gasteiger partial charge < -0.3 is 24.4 Å². The lowest BCUT2D eigenvalue weighted by Crippen LogP contribution is -3.12. The van der Waals surface area contributed by atoms with E-state index in [1.165, 1.54) is 0 Å². The van der Waals surface area contributed by atoms with Crippen LogP contribution >= 0.6 is 0 Å². The van der Waals surface area contributed by atoms with Crippen LogP contribution in [0.4, 0.5) is 0 Å². The molecule has 1 unspecified atom stereocenters. The maximum absolute atomic E-state index is 12.5. The van der Waals surface area contributed by atoms with Gasteiger partial charge in [0.2, 0.25) is 0 Å². The zero-order chi connectivity index (χ0) is 19.8. The van der Waals surface area contributed by atoms with Crippen LogP contribution in [0.25, 0.3) is 0 Å². The fourth-order valence-electron chi connectivity index (χ4n) is 2.78. The Hall–Kier alpha value is -2.73. The van der Waals surface area contributed by atoms with Gasteiger partial charge in [-0.3, -0.25) is 4.79 Å². The molecule has 2 aromatic rings. The topological polar surface area (TPSA) is 61.2 Å². The minimum Gasteiger partial charge on any atom is -0.497 e. The summed E-state index contributed by atoms with van der Waals surface area (Å²) in [5.74, 6) is 2.21. The summed E-state index contributed by atoms with van der Waals surface area (Å²) >= 11 is 0. The lowest BCUT2D eigenvalue weighted by atomic mass is 10.1. The molecule has 27 heavy (non-hydrogen) atoms. The largest absolute Gasteiger partial charge is 0.497 e. The van der Waals surface area contributed by atoms with Gasteiger partial charge in [-0.25, -0.2) is 0 Å². The van der Waals surface area contributed by atoms with E-state index in [4.69, 9.17) is 14.2 Å². The number of rotatable bonds is 9. The first-order valence-electron chi connectivity index (χ1n) is 8.92. The van der Waals surface area contributed by atoms with Crippen LogP contribution in [0.15, 0.2) is 42.5 Å². The number of carbonyl (C=O) groups is 1. The van der Waals surface area contributed by atoms with E-state index in [1.54, 1.807) is 21.3 Å². The molecular weight excluding hydrogens is 344 g/mol. The van der Waals surface area contributed by atoms with Gasteiger partial charge in [-0.2, -0.15) is 0 Å². The Kier molecular flexibility index (Phi) is 7.49. The molecule has 2 atom stereocenters. The van der Waals surface area contributed by atoms with Gasteiger partial charge in [0.05, 0.1) is 28.4 Å². The predicted octanol–water partition coefficient (Wildman–Crippen LogP) is 1.43. The smallest absolute Gasteiger partial charge is 0.278 e. The molecule has 0 saturated carbocycles. The van der Waals surface area contributed by atoms with Crippen molar-refractivity contribution >= 4 is 5.91 Å². The summed E-state index contributed by atoms with van der Waals surface area (Å²) in [6, 6.07) is 13.3. The molecule has 0 aromatic heterocycles. The third-order valence-electron chi connectivity index (χ3n) is 4.69. The Morgan fingerprint density at radius 1 is 0.963 bits per heavy atom. The highest BCUT2D eigenvalue weighted by molar-refractivity contribution is 5.79. The number of carbonyl (C=O) groups excluding carboxylic acids is 1. The Balaban J connectivity index is 1.91. The Morgan fingerprint density at radius 2 is 1.59 bits per heavy atom. The molecule has 0 radical (unpaired) electrons. The van der Waals surface area contributed by atoms with E-state index in [2.05, 4.69) is 5.32 Å². The molecule has 0 heterocycles. The highest BCUT2D eigenvalue weighted by Gasteiger charge is 2.22. The van der Waals surface area contributed by atoms with Crippen molar-refractivity contribution in [3.63, 3.8) is 0 Å². The lowest BCUT2D eigenvalue weighted by Gasteiger charge is -2.21. The average molecular weight is 373 g/mol. The normalized spacial score (nSPS) is 12.8. The lowest BCUT2D eigenvalue weighted by molar-refractivity contribution is -0.908. The molecular formula is C21H29N2O4+. The molecule has 6 heteroatoms. The van der Waals surface area contributed by atoms with Crippen molar-refractivity contribution in [2.24, 2.45) is 0 Å². The average Bonchev–Trinajstić information content (AvgIpc) is 2.71. The van der Waals surface area contributed by atoms with E-state index in [1.807, 2.05) is 56.4 Å². The molecule has 0 spiro atoms. The van der Waals surface area contributed by atoms with Gasteiger partial charge in [-0.1, -0.05) is 12.1 Å². The molecule has 2 rings (SSSR count). The number of quaternary nitrogens is 1. The van der Waals surface area contributed by atoms with Gasteiger partial charge in [0.1, 0.15) is 12.3 Å². The maximum atomic E-state index is 12.5. The number of amides is 1. The van der Waals surface area contributed by atoms with Crippen molar-refractivity contribution in [1.82, 2.24) is 5.32 Å². The summed E-state index contributed by atoms with van der Waals surface area (Å²) in [6.07, 6.45) is 0. The zero-order valence-electron chi connectivity index (χ0n) is 16.7. The van der Waals surface area contributed by atoms with Crippen molar-refractivity contribution in [3.05, 3.63) is 53.6 Å². The molecule has 0 aliphatic carbocycles. The SMILES string of the molecule is COc1ccc(CNC(=O)[C@@H](C)[NH+](C)Cc2ccc(OC)c(OC)c2)cc1. The third kappa shape index (κ3) is 5.62. The first-order chi connectivity index (χ1) is 13.0. The summed E-state index contributed by atoms with van der Waals surface area (Å²) < 4.78 is 15.8. The molecule has 0 aliphatic heterocycles. The standard InChI is InChI=1S/C21H28N2O4/c1-15(21(24)22-13-16-6-9-18(25-3)10-7-16)23(2)14-17-8-11-19(26-4)20(12-17)27-5/h6-12,15H,13-14H2,1-5H3,(H,22,24)/p+1/t15-/m1/s1. The monoisotopic (exact) mass is 373 g/mol. The van der Waals surface area contributed by atoms with Crippen LogP contribution in [0, 0.1) is 0 Å². The second-order valence-electron chi connectivity index (χ2n) is 6.50. The van der Waals surface area contributed by atoms with Crippen molar-refractivity contribution < 1.29 is 23.9 Å². The van der Waals surface area contributed by atoms with E-state index in [0.717, 1.165) is 21.8 Å². The zero-order valence-corrected chi connectivity index (χ0v) is 16.7. The fraction of sp³-hybridized carbons (Fsp3) is 0.381. The van der Waals surface area contributed by atoms with E-state index in [9.17, 15) is 4.79 Å². The van der Waals surface area contributed by atoms with Crippen LogP contribution in [0.3, 0.4) is 0 Å². The van der Waals surface area contributed by atoms with Crippen LogP contribution in [0.5, 0.6) is 17.2 Å². The van der Waals surface area contributed by atoms with E-state index in [-0.39, 0.29) is 11.9 Å². The Labute approximate surface area is 161 Å². The van der Waals surface area contributed by atoms with E-state index < -0.39 is 0 Å². The van der Waals surface area contributed by atoms with Gasteiger partial charge >= 0.3 is 0 Å². The summed E-state index contributed by atoms with van der Waals surface area (Å²) in [4.78, 5) is 13.6. The number of benzene rings is 2. The highest BCUT2D eigenvalue weighted by Crippen LogP contribution is 2.27. The first-order valence-corrected chi connectivity index (χ1v) is 8.92. The van der Waals surface area contributed by atoms with Gasteiger partial charge in [-0.15, -0.1) is 0 Å². The Bertz CT molecular complexity index is 746. The van der Waals surface area contributed by atoms with Gasteiger partial charge in [0.15, 0.2) is 17.5 Å². The molecule has 146 valence electrons. The number of likely N-dealkylation sites (N-methyl/N-ethyl adjacent to an activating group) is 1. The van der Waals surface area contributed by atoms with Crippen molar-refractivity contribution in [2.45, 2.75) is 26.1 Å². The van der Waals surface area contributed by atoms with E-state index >= 15 is 0 Å². The van der Waals surface area contributed by atoms with Crippen LogP contribution in [-0.4, -0.2) is 40.3 Å². The van der Waals surface area contributed by atoms with Crippen molar-refractivity contribution in [3.8, 4) is 17.2 Å². The van der Waals surface area contributed by atoms with Crippen LogP contribution in [-0.2, 0) is 17.9 Å². The maximum Gasteiger partial charge on any atom is 0.278 e. The molecule has 1 amide bonds. The number of hydrogen-bond donors (Lipinski definition) is 2. The molecule has 0 fully saturated rings. The molecule has 2 aromatic carbocycles. The van der Waals surface area contributed by atoms with Gasteiger partial charge in [0.25, 0.3) is 5.91 Å². The Morgan fingerprint density at radius 3 is 2.19 bits per heavy atom. The van der Waals surface area contributed by atoms with Crippen LogP contribution in [0.1, 0.15) is 18.1 Å². The molecule has 0 bridgehead atoms. The number of ether oxygens (including phenoxy) is 3. The van der Waals surface area contributed by atoms with Gasteiger partial charge in [0, 0.05) is 12.1 Å². The quantitative estimate of drug-likeness (QED) is 0.698. The fourth-order valence-corrected chi connectivity index (χ4v) is 2.78. The van der Waals surface area contributed by atoms with Crippen LogP contribution in [0.2, 0.25) is 0 Å². The van der Waals surface area contributed by atoms with Gasteiger partial charge in [-0.05, 0) is 42.8 Å². The summed E-state index contributed by atoms with van der Waals surface area (Å²) in [5, 5.41) is 3.00. The summed E-state index contributed by atoms with van der Waals surface area (Å²) in [7, 11) is 6.88. The third-order valence-corrected chi connectivity index (χ3v) is 4.69. The number of methoxy groups -OCH3 is 3. The summed E-state index contributed by atoms with van der Waals surface area (Å²) in [6.45, 7) is 3.13. The number of hydrogen-bond acceptors (Lipinski definition) is 4. The first kappa shape index (κ1) is 20.6. The second kappa shape index (κ2) is 9.83. The molecule has 2 N–H and O–H groups in total. The van der Waals surface area contributed by atoms with E-state index in [0.29, 0.717) is 24.6 Å². The van der Waals surface area contributed by atoms with Crippen LogP contribution < -0.4 is 24.4 Å². The second-order valence-corrected chi connectivity index (χ2v) is 6.50. The van der Waals surface area contributed by atoms with Crippen molar-refractivity contribution in [2.75, 3.05) is 28.4 Å². The van der Waals surface area contributed by atoms with Crippen molar-refractivity contribution in [1.29, 1.82) is 0 Å². The predicted molar refractivity (Wildman–Crippen MR) is 104 cm³/mol. The number of nitrogens with one attached hydrogen (secondary N) is 2. The minimum atomic E-state index is -0.184.